The largest absolute Gasteiger partial charge is 0.356 e. The summed E-state index contributed by atoms with van der Waals surface area (Å²) in [5.41, 5.74) is 0. The van der Waals surface area contributed by atoms with Gasteiger partial charge in [0.1, 0.15) is 6.42 Å². The average molecular weight is 254 g/mol. The minimum absolute atomic E-state index is 0.0120. The summed E-state index contributed by atoms with van der Waals surface area (Å²) in [6, 6.07) is 0. The molecule has 1 aliphatic heterocycles. The Morgan fingerprint density at radius 3 is 2.28 bits per heavy atom. The van der Waals surface area contributed by atoms with E-state index >= 15 is 0 Å². The van der Waals surface area contributed by atoms with Gasteiger partial charge in [-0.15, -0.1) is 0 Å². The molecule has 0 radical (unpaired) electrons. The van der Waals surface area contributed by atoms with Gasteiger partial charge in [-0.05, 0) is 25.2 Å². The summed E-state index contributed by atoms with van der Waals surface area (Å²) in [4.78, 5) is 25.4. The highest BCUT2D eigenvalue weighted by Crippen LogP contribution is 2.10. The first-order chi connectivity index (χ1) is 8.59. The second-order valence-electron chi connectivity index (χ2n) is 5.50. The number of likely N-dealkylation sites (tertiary alicyclic amines) is 1. The molecule has 1 heterocycles. The van der Waals surface area contributed by atoms with Gasteiger partial charge in [-0.1, -0.05) is 26.7 Å². The van der Waals surface area contributed by atoms with Crippen molar-refractivity contribution in [2.75, 3.05) is 19.6 Å². The number of nitrogens with zero attached hydrogens (tertiary/aromatic N) is 1. The SMILES string of the molecule is CC(C)CCNC(=O)CC(=O)N1CCCCCC1. The lowest BCUT2D eigenvalue weighted by Crippen LogP contribution is -2.36. The zero-order chi connectivity index (χ0) is 13.4. The van der Waals surface area contributed by atoms with Crippen LogP contribution in [0.2, 0.25) is 0 Å². The summed E-state index contributed by atoms with van der Waals surface area (Å²) in [6.07, 6.45) is 5.51. The Morgan fingerprint density at radius 1 is 1.11 bits per heavy atom. The fourth-order valence-corrected chi connectivity index (χ4v) is 2.13. The maximum atomic E-state index is 11.9. The molecule has 1 aliphatic rings. The summed E-state index contributed by atoms with van der Waals surface area (Å²) in [5.74, 6) is 0.426. The molecule has 1 fully saturated rings. The van der Waals surface area contributed by atoms with Crippen LogP contribution in [0.25, 0.3) is 0 Å². The highest BCUT2D eigenvalue weighted by molar-refractivity contribution is 5.96. The summed E-state index contributed by atoms with van der Waals surface area (Å²) in [6.45, 7) is 6.54. The summed E-state index contributed by atoms with van der Waals surface area (Å²) < 4.78 is 0. The Bertz CT molecular complexity index is 269. The second kappa shape index (κ2) is 8.11. The maximum Gasteiger partial charge on any atom is 0.232 e. The number of rotatable bonds is 5. The first-order valence-electron chi connectivity index (χ1n) is 7.14. The minimum Gasteiger partial charge on any atom is -0.356 e. The Labute approximate surface area is 110 Å². The van der Waals surface area contributed by atoms with E-state index in [4.69, 9.17) is 0 Å². The highest BCUT2D eigenvalue weighted by atomic mass is 16.2. The third kappa shape index (κ3) is 6.03. The average Bonchev–Trinajstić information content (AvgIpc) is 2.56. The van der Waals surface area contributed by atoms with Gasteiger partial charge in [0.15, 0.2) is 0 Å². The number of hydrogen-bond acceptors (Lipinski definition) is 2. The first kappa shape index (κ1) is 15.0. The van der Waals surface area contributed by atoms with Crippen molar-refractivity contribution in [2.24, 2.45) is 5.92 Å². The van der Waals surface area contributed by atoms with Gasteiger partial charge in [-0.3, -0.25) is 9.59 Å². The molecule has 1 N–H and O–H groups in total. The molecule has 0 aromatic heterocycles. The first-order valence-corrected chi connectivity index (χ1v) is 7.14. The molecule has 0 bridgehead atoms. The Morgan fingerprint density at radius 2 is 1.72 bits per heavy atom. The van der Waals surface area contributed by atoms with Gasteiger partial charge in [-0.25, -0.2) is 0 Å². The fourth-order valence-electron chi connectivity index (χ4n) is 2.13. The van der Waals surface area contributed by atoms with Gasteiger partial charge in [0.2, 0.25) is 11.8 Å². The molecule has 0 atom stereocenters. The molecule has 4 nitrogen and oxygen atoms in total. The lowest BCUT2D eigenvalue weighted by Gasteiger charge is -2.20. The van der Waals surface area contributed by atoms with Crippen LogP contribution >= 0.6 is 0 Å². The van der Waals surface area contributed by atoms with Crippen LogP contribution in [0.4, 0.5) is 0 Å². The quantitative estimate of drug-likeness (QED) is 0.762. The summed E-state index contributed by atoms with van der Waals surface area (Å²) >= 11 is 0. The third-order valence-corrected chi connectivity index (χ3v) is 3.31. The van der Waals surface area contributed by atoms with E-state index in [2.05, 4.69) is 19.2 Å². The maximum absolute atomic E-state index is 11.9. The van der Waals surface area contributed by atoms with Crippen LogP contribution in [0.1, 0.15) is 52.4 Å². The van der Waals surface area contributed by atoms with E-state index < -0.39 is 0 Å². The molecule has 4 heteroatoms. The van der Waals surface area contributed by atoms with Crippen molar-refractivity contribution < 1.29 is 9.59 Å². The lowest BCUT2D eigenvalue weighted by atomic mass is 10.1. The second-order valence-corrected chi connectivity index (χ2v) is 5.50. The Kier molecular flexibility index (Phi) is 6.76. The van der Waals surface area contributed by atoms with Gasteiger partial charge in [0.25, 0.3) is 0 Å². The molecule has 2 amide bonds. The smallest absolute Gasteiger partial charge is 0.232 e. The topological polar surface area (TPSA) is 49.4 Å². The Hall–Kier alpha value is -1.06. The van der Waals surface area contributed by atoms with Gasteiger partial charge < -0.3 is 10.2 Å². The summed E-state index contributed by atoms with van der Waals surface area (Å²) in [5, 5.41) is 2.81. The number of carbonyl (C=O) groups excluding carboxylic acids is 2. The van der Waals surface area contributed by atoms with Crippen molar-refractivity contribution in [3.8, 4) is 0 Å². The van der Waals surface area contributed by atoms with Gasteiger partial charge in [0, 0.05) is 19.6 Å². The van der Waals surface area contributed by atoms with Crippen LogP contribution in [0.5, 0.6) is 0 Å². The molecule has 0 spiro atoms. The zero-order valence-corrected chi connectivity index (χ0v) is 11.7. The van der Waals surface area contributed by atoms with Crippen LogP contribution in [-0.4, -0.2) is 36.3 Å². The molecule has 0 aliphatic carbocycles. The van der Waals surface area contributed by atoms with Crippen molar-refractivity contribution in [1.29, 1.82) is 0 Å². The van der Waals surface area contributed by atoms with Gasteiger partial charge in [0.05, 0.1) is 0 Å². The number of nitrogens with one attached hydrogen (secondary N) is 1. The molecule has 1 saturated heterocycles. The molecular formula is C14H26N2O2. The van der Waals surface area contributed by atoms with Gasteiger partial charge in [-0.2, -0.15) is 0 Å². The van der Waals surface area contributed by atoms with E-state index in [1.165, 1.54) is 12.8 Å². The number of hydrogen-bond donors (Lipinski definition) is 1. The van der Waals surface area contributed by atoms with Crippen LogP contribution in [0.15, 0.2) is 0 Å². The van der Waals surface area contributed by atoms with E-state index in [-0.39, 0.29) is 18.2 Å². The Balaban J connectivity index is 2.23. The molecule has 0 unspecified atom stereocenters. The van der Waals surface area contributed by atoms with E-state index in [1.807, 2.05) is 4.90 Å². The number of carbonyl (C=O) groups is 2. The summed E-state index contributed by atoms with van der Waals surface area (Å²) in [7, 11) is 0. The molecule has 0 saturated carbocycles. The molecule has 1 rings (SSSR count). The third-order valence-electron chi connectivity index (χ3n) is 3.31. The van der Waals surface area contributed by atoms with E-state index in [0.29, 0.717) is 12.5 Å². The van der Waals surface area contributed by atoms with Crippen molar-refractivity contribution in [2.45, 2.75) is 52.4 Å². The standard InChI is InChI=1S/C14H26N2O2/c1-12(2)7-8-15-13(17)11-14(18)16-9-5-3-4-6-10-16/h12H,3-11H2,1-2H3,(H,15,17). The predicted octanol–water partition coefficient (Wildman–Crippen LogP) is 1.94. The molecular weight excluding hydrogens is 228 g/mol. The lowest BCUT2D eigenvalue weighted by molar-refractivity contribution is -0.136. The monoisotopic (exact) mass is 254 g/mol. The fraction of sp³-hybridized carbons (Fsp3) is 0.857. The minimum atomic E-state index is -0.134. The molecule has 104 valence electrons. The highest BCUT2D eigenvalue weighted by Gasteiger charge is 2.18. The van der Waals surface area contributed by atoms with E-state index in [9.17, 15) is 9.59 Å². The zero-order valence-electron chi connectivity index (χ0n) is 11.7. The van der Waals surface area contributed by atoms with Crippen molar-refractivity contribution in [3.63, 3.8) is 0 Å². The van der Waals surface area contributed by atoms with E-state index in [1.54, 1.807) is 0 Å². The van der Waals surface area contributed by atoms with E-state index in [0.717, 1.165) is 32.4 Å². The van der Waals surface area contributed by atoms with Crippen molar-refractivity contribution >= 4 is 11.8 Å². The number of amides is 2. The van der Waals surface area contributed by atoms with Crippen LogP contribution in [0.3, 0.4) is 0 Å². The molecule has 0 aromatic rings. The van der Waals surface area contributed by atoms with Crippen LogP contribution < -0.4 is 5.32 Å². The predicted molar refractivity (Wildman–Crippen MR) is 72.1 cm³/mol. The molecule has 0 aromatic carbocycles. The van der Waals surface area contributed by atoms with Crippen LogP contribution in [0, 0.1) is 5.92 Å². The van der Waals surface area contributed by atoms with Crippen molar-refractivity contribution in [3.05, 3.63) is 0 Å². The normalized spacial score (nSPS) is 16.5. The van der Waals surface area contributed by atoms with Crippen molar-refractivity contribution in [1.82, 2.24) is 10.2 Å². The van der Waals surface area contributed by atoms with Gasteiger partial charge >= 0.3 is 0 Å². The van der Waals surface area contributed by atoms with Crippen LogP contribution in [-0.2, 0) is 9.59 Å². The molecule has 18 heavy (non-hydrogen) atoms.